The van der Waals surface area contributed by atoms with E-state index in [1.54, 1.807) is 0 Å². The summed E-state index contributed by atoms with van der Waals surface area (Å²) in [6.45, 7) is 4.06. The molecule has 5 nitrogen and oxygen atoms in total. The summed E-state index contributed by atoms with van der Waals surface area (Å²) in [4.78, 5) is 25.7. The highest BCUT2D eigenvalue weighted by Crippen LogP contribution is 2.32. The van der Waals surface area contributed by atoms with E-state index in [0.29, 0.717) is 24.4 Å². The quantitative estimate of drug-likeness (QED) is 0.648. The number of halogens is 1. The van der Waals surface area contributed by atoms with Crippen LogP contribution in [0.3, 0.4) is 0 Å². The fraction of sp³-hybridized carbons (Fsp3) is 0.500. The lowest BCUT2D eigenvalue weighted by Gasteiger charge is -2.34. The number of nitrogens with zero attached hydrogens (tertiary/aromatic N) is 1. The molecule has 1 aromatic rings. The second-order valence-corrected chi connectivity index (χ2v) is 5.27. The second kappa shape index (κ2) is 7.24. The minimum atomic E-state index is -0.460. The van der Waals surface area contributed by atoms with Gasteiger partial charge in [0.15, 0.2) is 0 Å². The minimum Gasteiger partial charge on any atom is -0.464 e. The zero-order valence-electron chi connectivity index (χ0n) is 12.9. The average molecular weight is 308 g/mol. The second-order valence-electron chi connectivity index (χ2n) is 5.27. The number of carbonyl (C=O) groups excluding carboxylic acids is 2. The lowest BCUT2D eigenvalue weighted by atomic mass is 10.1. The fourth-order valence-corrected chi connectivity index (χ4v) is 2.36. The van der Waals surface area contributed by atoms with Crippen molar-refractivity contribution >= 4 is 23.3 Å². The van der Waals surface area contributed by atoms with Gasteiger partial charge in [-0.1, -0.05) is 20.3 Å². The summed E-state index contributed by atoms with van der Waals surface area (Å²) in [5.41, 5.74) is 1.02. The normalized spacial score (nSPS) is 17.0. The van der Waals surface area contributed by atoms with E-state index in [1.807, 2.05) is 13.8 Å². The fourth-order valence-electron chi connectivity index (χ4n) is 2.36. The molecule has 22 heavy (non-hydrogen) atoms. The van der Waals surface area contributed by atoms with E-state index < -0.39 is 12.0 Å². The zero-order valence-corrected chi connectivity index (χ0v) is 12.9. The van der Waals surface area contributed by atoms with Crippen LogP contribution in [0.2, 0.25) is 0 Å². The molecule has 120 valence electrons. The van der Waals surface area contributed by atoms with E-state index >= 15 is 0 Å². The van der Waals surface area contributed by atoms with Gasteiger partial charge in [0.2, 0.25) is 5.91 Å². The maximum atomic E-state index is 13.4. The Morgan fingerprint density at radius 2 is 2.18 bits per heavy atom. The number of ether oxygens (including phenoxy) is 1. The molecular formula is C16H21FN2O3. The third-order valence-electron chi connectivity index (χ3n) is 3.60. The predicted molar refractivity (Wildman–Crippen MR) is 82.3 cm³/mol. The molecule has 1 heterocycles. The van der Waals surface area contributed by atoms with Crippen LogP contribution in [0.5, 0.6) is 0 Å². The lowest BCUT2D eigenvalue weighted by molar-refractivity contribution is -0.143. The minimum absolute atomic E-state index is 0.153. The van der Waals surface area contributed by atoms with Crippen LogP contribution in [0.1, 0.15) is 33.1 Å². The SMILES string of the molecule is CCCCOC(=O)CN1C(=O)C(CC)Nc2cc(F)ccc21. The van der Waals surface area contributed by atoms with Crippen molar-refractivity contribution in [3.8, 4) is 0 Å². The Morgan fingerprint density at radius 3 is 2.86 bits per heavy atom. The van der Waals surface area contributed by atoms with Crippen molar-refractivity contribution in [2.45, 2.75) is 39.2 Å². The Hall–Kier alpha value is -2.11. The van der Waals surface area contributed by atoms with Gasteiger partial charge in [-0.15, -0.1) is 0 Å². The van der Waals surface area contributed by atoms with Crippen molar-refractivity contribution in [3.63, 3.8) is 0 Å². The van der Waals surface area contributed by atoms with Gasteiger partial charge in [0, 0.05) is 0 Å². The Labute approximate surface area is 129 Å². The Bertz CT molecular complexity index is 562. The summed E-state index contributed by atoms with van der Waals surface area (Å²) in [5, 5.41) is 3.01. The van der Waals surface area contributed by atoms with Crippen LogP contribution in [0.4, 0.5) is 15.8 Å². The van der Waals surface area contributed by atoms with Crippen LogP contribution >= 0.6 is 0 Å². The number of hydrogen-bond acceptors (Lipinski definition) is 4. The number of benzene rings is 1. The van der Waals surface area contributed by atoms with E-state index in [1.165, 1.54) is 23.1 Å². The van der Waals surface area contributed by atoms with Gasteiger partial charge in [-0.05, 0) is 31.0 Å². The third-order valence-corrected chi connectivity index (χ3v) is 3.60. The van der Waals surface area contributed by atoms with Crippen molar-refractivity contribution in [1.29, 1.82) is 0 Å². The number of fused-ring (bicyclic) bond motifs is 1. The Balaban J connectivity index is 2.17. The van der Waals surface area contributed by atoms with Gasteiger partial charge in [-0.25, -0.2) is 4.39 Å². The van der Waals surface area contributed by atoms with Gasteiger partial charge in [0.05, 0.1) is 18.0 Å². The molecule has 1 aliphatic heterocycles. The van der Waals surface area contributed by atoms with Crippen LogP contribution < -0.4 is 10.2 Å². The van der Waals surface area contributed by atoms with Gasteiger partial charge < -0.3 is 10.1 Å². The van der Waals surface area contributed by atoms with E-state index in [-0.39, 0.29) is 18.3 Å². The molecule has 1 N–H and O–H groups in total. The lowest BCUT2D eigenvalue weighted by Crippen LogP contribution is -2.49. The molecule has 0 aromatic heterocycles. The summed E-state index contributed by atoms with van der Waals surface area (Å²) >= 11 is 0. The van der Waals surface area contributed by atoms with E-state index in [9.17, 15) is 14.0 Å². The summed E-state index contributed by atoms with van der Waals surface area (Å²) in [5.74, 6) is -1.04. The number of amides is 1. The van der Waals surface area contributed by atoms with Gasteiger partial charge in [0.1, 0.15) is 18.4 Å². The first-order valence-corrected chi connectivity index (χ1v) is 7.59. The molecule has 1 atom stereocenters. The molecule has 2 rings (SSSR count). The molecule has 1 unspecified atom stereocenters. The number of rotatable bonds is 6. The molecule has 0 saturated heterocycles. The van der Waals surface area contributed by atoms with Crippen LogP contribution in [0.15, 0.2) is 18.2 Å². The third kappa shape index (κ3) is 3.55. The van der Waals surface area contributed by atoms with Gasteiger partial charge >= 0.3 is 5.97 Å². The first kappa shape index (κ1) is 16.3. The number of esters is 1. The summed E-state index contributed by atoms with van der Waals surface area (Å²) in [7, 11) is 0. The van der Waals surface area contributed by atoms with Gasteiger partial charge in [-0.3, -0.25) is 14.5 Å². The highest BCUT2D eigenvalue weighted by Gasteiger charge is 2.33. The Kier molecular flexibility index (Phi) is 5.35. The number of hydrogen-bond donors (Lipinski definition) is 1. The number of carbonyl (C=O) groups is 2. The first-order chi connectivity index (χ1) is 10.6. The number of anilines is 2. The average Bonchev–Trinajstić information content (AvgIpc) is 2.50. The standard InChI is InChI=1S/C16H21FN2O3/c1-3-5-8-22-15(20)10-19-14-7-6-11(17)9-13(14)18-12(4-2)16(19)21/h6-7,9,12,18H,3-5,8,10H2,1-2H3. The van der Waals surface area contributed by atoms with Crippen LogP contribution in [0.25, 0.3) is 0 Å². The molecular weight excluding hydrogens is 287 g/mol. The summed E-state index contributed by atoms with van der Waals surface area (Å²) in [6, 6.07) is 3.65. The predicted octanol–water partition coefficient (Wildman–Crippen LogP) is 2.71. The van der Waals surface area contributed by atoms with Gasteiger partial charge in [0.25, 0.3) is 0 Å². The van der Waals surface area contributed by atoms with Crippen molar-refractivity contribution in [2.24, 2.45) is 0 Å². The molecule has 0 fully saturated rings. The smallest absolute Gasteiger partial charge is 0.326 e. The van der Waals surface area contributed by atoms with Crippen molar-refractivity contribution in [2.75, 3.05) is 23.4 Å². The van der Waals surface area contributed by atoms with Gasteiger partial charge in [-0.2, -0.15) is 0 Å². The molecule has 0 bridgehead atoms. The highest BCUT2D eigenvalue weighted by molar-refractivity contribution is 6.07. The maximum absolute atomic E-state index is 13.4. The Morgan fingerprint density at radius 1 is 1.41 bits per heavy atom. The van der Waals surface area contributed by atoms with Crippen molar-refractivity contribution < 1.29 is 18.7 Å². The topological polar surface area (TPSA) is 58.6 Å². The first-order valence-electron chi connectivity index (χ1n) is 7.59. The van der Waals surface area contributed by atoms with Crippen LogP contribution in [0, 0.1) is 5.82 Å². The number of nitrogens with one attached hydrogen (secondary N) is 1. The molecule has 0 saturated carbocycles. The highest BCUT2D eigenvalue weighted by atomic mass is 19.1. The molecule has 1 aromatic carbocycles. The largest absolute Gasteiger partial charge is 0.464 e. The van der Waals surface area contributed by atoms with E-state index in [4.69, 9.17) is 4.74 Å². The van der Waals surface area contributed by atoms with Crippen molar-refractivity contribution in [3.05, 3.63) is 24.0 Å². The molecule has 1 aliphatic rings. The molecule has 0 aliphatic carbocycles. The monoisotopic (exact) mass is 308 g/mol. The summed E-state index contributed by atoms with van der Waals surface area (Å²) < 4.78 is 18.5. The summed E-state index contributed by atoms with van der Waals surface area (Å²) in [6.07, 6.45) is 2.27. The molecule has 0 radical (unpaired) electrons. The van der Waals surface area contributed by atoms with Crippen LogP contribution in [-0.4, -0.2) is 31.1 Å². The number of unbranched alkanes of at least 4 members (excludes halogenated alkanes) is 1. The van der Waals surface area contributed by atoms with Crippen LogP contribution in [-0.2, 0) is 14.3 Å². The van der Waals surface area contributed by atoms with E-state index in [2.05, 4.69) is 5.32 Å². The molecule has 0 spiro atoms. The van der Waals surface area contributed by atoms with E-state index in [0.717, 1.165) is 12.8 Å². The molecule has 6 heteroatoms. The molecule has 1 amide bonds. The van der Waals surface area contributed by atoms with Crippen molar-refractivity contribution in [1.82, 2.24) is 0 Å². The zero-order chi connectivity index (χ0) is 16.1. The maximum Gasteiger partial charge on any atom is 0.326 e.